The molecule has 0 saturated carbocycles. The molecule has 4 heteroatoms. The summed E-state index contributed by atoms with van der Waals surface area (Å²) < 4.78 is 23.7. The molecule has 0 aliphatic rings. The molecule has 0 N–H and O–H groups in total. The maximum Gasteiger partial charge on any atom is 0.232 e. The van der Waals surface area contributed by atoms with Crippen LogP contribution in [0.5, 0.6) is 0 Å². The molecule has 0 bridgehead atoms. The SMILES string of the molecule is C#C/C(=C\c1ccccc1)N(C)S(C)(=O)=O. The zero-order chi connectivity index (χ0) is 12.2. The van der Waals surface area contributed by atoms with Crippen LogP contribution in [-0.2, 0) is 10.0 Å². The second-order valence-electron chi connectivity index (χ2n) is 3.32. The second kappa shape index (κ2) is 4.86. The Hall–Kier alpha value is -1.73. The van der Waals surface area contributed by atoms with Crippen LogP contribution in [0.1, 0.15) is 5.56 Å². The summed E-state index contributed by atoms with van der Waals surface area (Å²) in [5.41, 5.74) is 1.18. The Kier molecular flexibility index (Phi) is 3.75. The van der Waals surface area contributed by atoms with Crippen LogP contribution in [0.25, 0.3) is 6.08 Å². The van der Waals surface area contributed by atoms with Crippen molar-refractivity contribution in [1.82, 2.24) is 4.31 Å². The largest absolute Gasteiger partial charge is 0.266 e. The first kappa shape index (κ1) is 12.3. The van der Waals surface area contributed by atoms with Gasteiger partial charge in [0, 0.05) is 7.05 Å². The van der Waals surface area contributed by atoms with E-state index in [0.29, 0.717) is 5.70 Å². The van der Waals surface area contributed by atoms with E-state index in [1.807, 2.05) is 30.3 Å². The van der Waals surface area contributed by atoms with Crippen LogP contribution in [0.15, 0.2) is 36.0 Å². The lowest BCUT2D eigenvalue weighted by molar-refractivity contribution is 0.539. The number of hydrogen-bond acceptors (Lipinski definition) is 2. The van der Waals surface area contributed by atoms with Crippen LogP contribution in [-0.4, -0.2) is 26.0 Å². The molecule has 3 nitrogen and oxygen atoms in total. The molecule has 0 saturated heterocycles. The fourth-order valence-corrected chi connectivity index (χ4v) is 1.57. The molecule has 1 rings (SSSR count). The zero-order valence-corrected chi connectivity index (χ0v) is 10.0. The Labute approximate surface area is 96.5 Å². The quantitative estimate of drug-likeness (QED) is 0.745. The lowest BCUT2D eigenvalue weighted by atomic mass is 10.2. The van der Waals surface area contributed by atoms with Gasteiger partial charge in [-0.1, -0.05) is 36.3 Å². The first-order chi connectivity index (χ1) is 7.45. The summed E-state index contributed by atoms with van der Waals surface area (Å²) in [5, 5.41) is 0. The van der Waals surface area contributed by atoms with Crippen molar-refractivity contribution in [2.75, 3.05) is 13.3 Å². The van der Waals surface area contributed by atoms with Crippen molar-refractivity contribution in [1.29, 1.82) is 0 Å². The third kappa shape index (κ3) is 3.14. The van der Waals surface area contributed by atoms with Gasteiger partial charge in [-0.2, -0.15) is 0 Å². The van der Waals surface area contributed by atoms with Crippen molar-refractivity contribution in [3.63, 3.8) is 0 Å². The Morgan fingerprint density at radius 1 is 1.38 bits per heavy atom. The van der Waals surface area contributed by atoms with E-state index in [-0.39, 0.29) is 0 Å². The van der Waals surface area contributed by atoms with Crippen molar-refractivity contribution >= 4 is 16.1 Å². The van der Waals surface area contributed by atoms with E-state index in [1.54, 1.807) is 6.08 Å². The Morgan fingerprint density at radius 2 is 1.94 bits per heavy atom. The summed E-state index contributed by atoms with van der Waals surface area (Å²) in [6.45, 7) is 0. The van der Waals surface area contributed by atoms with Gasteiger partial charge >= 0.3 is 0 Å². The second-order valence-corrected chi connectivity index (χ2v) is 5.33. The van der Waals surface area contributed by atoms with Gasteiger partial charge in [0.15, 0.2) is 0 Å². The average Bonchev–Trinajstić information content (AvgIpc) is 2.25. The highest BCUT2D eigenvalue weighted by molar-refractivity contribution is 7.88. The fraction of sp³-hybridized carbons (Fsp3) is 0.167. The highest BCUT2D eigenvalue weighted by Gasteiger charge is 2.12. The van der Waals surface area contributed by atoms with E-state index in [0.717, 1.165) is 16.1 Å². The summed E-state index contributed by atoms with van der Waals surface area (Å²) in [7, 11) is -1.88. The molecule has 0 radical (unpaired) electrons. The van der Waals surface area contributed by atoms with Gasteiger partial charge in [0.1, 0.15) is 5.70 Å². The average molecular weight is 235 g/mol. The molecule has 1 aromatic rings. The van der Waals surface area contributed by atoms with Crippen LogP contribution in [0.3, 0.4) is 0 Å². The normalized spacial score (nSPS) is 11.9. The van der Waals surface area contributed by atoms with E-state index in [9.17, 15) is 8.42 Å². The Balaban J connectivity index is 3.11. The molecule has 0 atom stereocenters. The van der Waals surface area contributed by atoms with Crippen LogP contribution < -0.4 is 0 Å². The van der Waals surface area contributed by atoms with Crippen molar-refractivity contribution in [2.24, 2.45) is 0 Å². The van der Waals surface area contributed by atoms with E-state index < -0.39 is 10.0 Å². The van der Waals surface area contributed by atoms with E-state index in [4.69, 9.17) is 6.42 Å². The first-order valence-corrected chi connectivity index (χ1v) is 6.47. The molecule has 0 aliphatic carbocycles. The van der Waals surface area contributed by atoms with Gasteiger partial charge in [0.05, 0.1) is 6.26 Å². The van der Waals surface area contributed by atoms with Crippen molar-refractivity contribution in [3.05, 3.63) is 41.6 Å². The summed E-state index contributed by atoms with van der Waals surface area (Å²) >= 11 is 0. The number of benzene rings is 1. The first-order valence-electron chi connectivity index (χ1n) is 4.62. The monoisotopic (exact) mass is 235 g/mol. The Morgan fingerprint density at radius 3 is 2.38 bits per heavy atom. The van der Waals surface area contributed by atoms with Gasteiger partial charge in [0.2, 0.25) is 10.0 Å². The summed E-state index contributed by atoms with van der Waals surface area (Å²) in [6, 6.07) is 9.31. The highest BCUT2D eigenvalue weighted by atomic mass is 32.2. The van der Waals surface area contributed by atoms with Crippen molar-refractivity contribution in [2.45, 2.75) is 0 Å². The molecular weight excluding hydrogens is 222 g/mol. The topological polar surface area (TPSA) is 37.4 Å². The molecule has 0 unspecified atom stereocenters. The lowest BCUT2D eigenvalue weighted by Gasteiger charge is -2.15. The number of sulfonamides is 1. The van der Waals surface area contributed by atoms with Crippen molar-refractivity contribution in [3.8, 4) is 12.3 Å². The third-order valence-corrected chi connectivity index (χ3v) is 3.28. The molecule has 0 fully saturated rings. The van der Waals surface area contributed by atoms with Crippen LogP contribution in [0, 0.1) is 12.3 Å². The van der Waals surface area contributed by atoms with Gasteiger partial charge in [0.25, 0.3) is 0 Å². The summed E-state index contributed by atoms with van der Waals surface area (Å²) in [6.07, 6.45) is 8.06. The smallest absolute Gasteiger partial charge is 0.232 e. The van der Waals surface area contributed by atoms with E-state index in [1.165, 1.54) is 7.05 Å². The third-order valence-electron chi connectivity index (χ3n) is 2.09. The predicted octanol–water partition coefficient (Wildman–Crippen LogP) is 1.55. The number of hydrogen-bond donors (Lipinski definition) is 0. The minimum atomic E-state index is -3.31. The van der Waals surface area contributed by atoms with Gasteiger partial charge in [-0.15, -0.1) is 6.42 Å². The van der Waals surface area contributed by atoms with Gasteiger partial charge in [-0.25, -0.2) is 8.42 Å². The van der Waals surface area contributed by atoms with Gasteiger partial charge in [-0.3, -0.25) is 4.31 Å². The van der Waals surface area contributed by atoms with Crippen molar-refractivity contribution < 1.29 is 8.42 Å². The number of terminal acetylenes is 1. The number of nitrogens with zero attached hydrogens (tertiary/aromatic N) is 1. The molecule has 0 aliphatic heterocycles. The van der Waals surface area contributed by atoms with Crippen LogP contribution >= 0.6 is 0 Å². The molecule has 84 valence electrons. The molecule has 0 spiro atoms. The predicted molar refractivity (Wildman–Crippen MR) is 65.9 cm³/mol. The molecular formula is C12H13NO2S. The summed E-state index contributed by atoms with van der Waals surface area (Å²) in [5.74, 6) is 2.36. The van der Waals surface area contributed by atoms with E-state index >= 15 is 0 Å². The lowest BCUT2D eigenvalue weighted by Crippen LogP contribution is -2.24. The summed E-state index contributed by atoms with van der Waals surface area (Å²) in [4.78, 5) is 0. The van der Waals surface area contributed by atoms with E-state index in [2.05, 4.69) is 5.92 Å². The Bertz CT molecular complexity index is 524. The standard InChI is InChI=1S/C12H13NO2S/c1-4-12(13(2)16(3,14)15)10-11-8-6-5-7-9-11/h1,5-10H,2-3H3/b12-10+. The minimum Gasteiger partial charge on any atom is -0.266 e. The molecule has 0 amide bonds. The molecule has 16 heavy (non-hydrogen) atoms. The van der Waals surface area contributed by atoms with Crippen LogP contribution in [0.4, 0.5) is 0 Å². The molecule has 0 aromatic heterocycles. The maximum absolute atomic E-state index is 11.3. The van der Waals surface area contributed by atoms with Gasteiger partial charge < -0.3 is 0 Å². The maximum atomic E-state index is 11.3. The molecule has 0 heterocycles. The van der Waals surface area contributed by atoms with Crippen LogP contribution in [0.2, 0.25) is 0 Å². The van der Waals surface area contributed by atoms with Gasteiger partial charge in [-0.05, 0) is 11.6 Å². The number of allylic oxidation sites excluding steroid dienone is 1. The zero-order valence-electron chi connectivity index (χ0n) is 9.21. The highest BCUT2D eigenvalue weighted by Crippen LogP contribution is 2.11. The minimum absolute atomic E-state index is 0.314. The number of rotatable bonds is 3. The fourth-order valence-electron chi connectivity index (χ4n) is 1.11. The molecule has 1 aromatic carbocycles.